The van der Waals surface area contributed by atoms with Gasteiger partial charge in [-0.1, -0.05) is 30.3 Å². The highest BCUT2D eigenvalue weighted by Crippen LogP contribution is 2.38. The highest BCUT2D eigenvalue weighted by molar-refractivity contribution is 7.15. The molecule has 0 radical (unpaired) electrons. The Morgan fingerprint density at radius 2 is 1.68 bits per heavy atom. The van der Waals surface area contributed by atoms with Crippen LogP contribution in [0.1, 0.15) is 41.0 Å². The molecule has 7 heteroatoms. The van der Waals surface area contributed by atoms with E-state index in [0.717, 1.165) is 75.7 Å². The zero-order valence-electron chi connectivity index (χ0n) is 22.1. The van der Waals surface area contributed by atoms with E-state index in [9.17, 15) is 10.2 Å². The number of aliphatic hydroxyl groups excluding tert-OH is 2. The summed E-state index contributed by atoms with van der Waals surface area (Å²) in [4.78, 5) is 11.1. The summed E-state index contributed by atoms with van der Waals surface area (Å²) in [5, 5.41) is 20.1. The average Bonchev–Trinajstić information content (AvgIpc) is 3.32. The first-order chi connectivity index (χ1) is 18.0. The van der Waals surface area contributed by atoms with Crippen molar-refractivity contribution in [1.29, 1.82) is 0 Å². The first-order valence-electron chi connectivity index (χ1n) is 13.6. The molecule has 1 aromatic heterocycles. The van der Waals surface area contributed by atoms with Gasteiger partial charge in [0.1, 0.15) is 10.8 Å². The first kappa shape index (κ1) is 26.3. The van der Waals surface area contributed by atoms with Crippen LogP contribution in [0.3, 0.4) is 0 Å². The van der Waals surface area contributed by atoms with Gasteiger partial charge in [-0.15, -0.1) is 11.3 Å². The second kappa shape index (κ2) is 12.0. The second-order valence-electron chi connectivity index (χ2n) is 10.3. The van der Waals surface area contributed by atoms with Gasteiger partial charge in [0.2, 0.25) is 0 Å². The summed E-state index contributed by atoms with van der Waals surface area (Å²) >= 11 is 1.79. The SMILES string of the molecule is Cc1c(OCCCN2CCC(O)CC2)cccc1-c1cccc(-c2nc3c(s2)CN(CCO)CC3)c1C. The van der Waals surface area contributed by atoms with Crippen molar-refractivity contribution in [3.05, 3.63) is 58.1 Å². The molecule has 0 atom stereocenters. The smallest absolute Gasteiger partial charge is 0.124 e. The molecule has 1 saturated heterocycles. The van der Waals surface area contributed by atoms with Crippen LogP contribution < -0.4 is 4.74 Å². The van der Waals surface area contributed by atoms with Crippen LogP contribution >= 0.6 is 11.3 Å². The Morgan fingerprint density at radius 3 is 2.46 bits per heavy atom. The molecule has 2 aliphatic heterocycles. The maximum absolute atomic E-state index is 9.70. The van der Waals surface area contributed by atoms with E-state index in [4.69, 9.17) is 9.72 Å². The van der Waals surface area contributed by atoms with Gasteiger partial charge in [-0.05, 0) is 61.4 Å². The van der Waals surface area contributed by atoms with Crippen molar-refractivity contribution in [2.45, 2.75) is 52.2 Å². The Balaban J connectivity index is 1.29. The number of fused-ring (bicyclic) bond motifs is 1. The molecule has 3 heterocycles. The van der Waals surface area contributed by atoms with Crippen LogP contribution in [-0.4, -0.2) is 77.0 Å². The van der Waals surface area contributed by atoms with Gasteiger partial charge in [-0.2, -0.15) is 0 Å². The molecule has 0 bridgehead atoms. The van der Waals surface area contributed by atoms with Gasteiger partial charge < -0.3 is 19.8 Å². The van der Waals surface area contributed by atoms with Gasteiger partial charge in [0, 0.05) is 56.1 Å². The maximum Gasteiger partial charge on any atom is 0.124 e. The third kappa shape index (κ3) is 6.07. The molecular formula is C30H39N3O3S. The zero-order valence-corrected chi connectivity index (χ0v) is 22.9. The molecule has 0 unspecified atom stereocenters. The predicted octanol–water partition coefficient (Wildman–Crippen LogP) is 4.67. The monoisotopic (exact) mass is 521 g/mol. The molecule has 198 valence electrons. The molecule has 0 amide bonds. The van der Waals surface area contributed by atoms with Crippen molar-refractivity contribution >= 4 is 11.3 Å². The molecule has 0 aliphatic carbocycles. The molecule has 2 N–H and O–H groups in total. The Hall–Kier alpha value is -2.29. The number of likely N-dealkylation sites (tertiary alicyclic amines) is 1. The van der Waals surface area contributed by atoms with Crippen LogP contribution in [0.5, 0.6) is 5.75 Å². The van der Waals surface area contributed by atoms with E-state index in [2.05, 4.69) is 60.0 Å². The quantitative estimate of drug-likeness (QED) is 0.399. The summed E-state index contributed by atoms with van der Waals surface area (Å²) in [6, 6.07) is 12.9. The van der Waals surface area contributed by atoms with E-state index < -0.39 is 0 Å². The lowest BCUT2D eigenvalue weighted by molar-refractivity contribution is 0.0800. The van der Waals surface area contributed by atoms with Crippen molar-refractivity contribution in [2.75, 3.05) is 45.9 Å². The third-order valence-corrected chi connectivity index (χ3v) is 8.91. The predicted molar refractivity (Wildman–Crippen MR) is 150 cm³/mol. The number of nitrogens with zero attached hydrogens (tertiary/aromatic N) is 3. The van der Waals surface area contributed by atoms with Gasteiger partial charge in [-0.3, -0.25) is 4.90 Å². The molecule has 2 aromatic carbocycles. The van der Waals surface area contributed by atoms with Crippen LogP contribution in [0.2, 0.25) is 0 Å². The first-order valence-corrected chi connectivity index (χ1v) is 14.4. The summed E-state index contributed by atoms with van der Waals surface area (Å²) in [5.74, 6) is 0.949. The van der Waals surface area contributed by atoms with Crippen molar-refractivity contribution in [1.82, 2.24) is 14.8 Å². The highest BCUT2D eigenvalue weighted by Gasteiger charge is 2.22. The summed E-state index contributed by atoms with van der Waals surface area (Å²) in [6.07, 6.45) is 3.57. The number of ether oxygens (including phenoxy) is 1. The maximum atomic E-state index is 9.70. The second-order valence-corrected chi connectivity index (χ2v) is 11.4. The Kier molecular flexibility index (Phi) is 8.57. The summed E-state index contributed by atoms with van der Waals surface area (Å²) in [5.41, 5.74) is 7.25. The van der Waals surface area contributed by atoms with Crippen LogP contribution in [0, 0.1) is 13.8 Å². The van der Waals surface area contributed by atoms with Crippen LogP contribution in [0.4, 0.5) is 0 Å². The third-order valence-electron chi connectivity index (χ3n) is 7.80. The minimum atomic E-state index is -0.122. The van der Waals surface area contributed by atoms with Gasteiger partial charge in [0.15, 0.2) is 0 Å². The summed E-state index contributed by atoms with van der Waals surface area (Å²) in [7, 11) is 0. The topological polar surface area (TPSA) is 69.1 Å². The number of hydrogen-bond donors (Lipinski definition) is 2. The number of thiazole rings is 1. The molecule has 1 fully saturated rings. The number of piperidine rings is 1. The number of β-amino-alcohol motifs (C(OH)–C–C–N with tert-alkyl or cyclic N) is 1. The van der Waals surface area contributed by atoms with Gasteiger partial charge >= 0.3 is 0 Å². The number of benzene rings is 2. The van der Waals surface area contributed by atoms with Gasteiger partial charge in [0.05, 0.1) is 25.0 Å². The number of hydrogen-bond acceptors (Lipinski definition) is 7. The van der Waals surface area contributed by atoms with E-state index in [1.807, 2.05) is 0 Å². The fourth-order valence-electron chi connectivity index (χ4n) is 5.53. The highest BCUT2D eigenvalue weighted by atomic mass is 32.1. The van der Waals surface area contributed by atoms with Crippen LogP contribution in [-0.2, 0) is 13.0 Å². The van der Waals surface area contributed by atoms with E-state index in [1.54, 1.807) is 11.3 Å². The molecule has 0 spiro atoms. The van der Waals surface area contributed by atoms with E-state index in [-0.39, 0.29) is 12.7 Å². The summed E-state index contributed by atoms with van der Waals surface area (Å²) < 4.78 is 6.24. The molecule has 2 aliphatic rings. The molecular weight excluding hydrogens is 482 g/mol. The summed E-state index contributed by atoms with van der Waals surface area (Å²) in [6.45, 7) is 10.8. The molecule has 6 nitrogen and oxygen atoms in total. The van der Waals surface area contributed by atoms with Crippen LogP contribution in [0.25, 0.3) is 21.7 Å². The van der Waals surface area contributed by atoms with Crippen LogP contribution in [0.15, 0.2) is 36.4 Å². The fraction of sp³-hybridized carbons (Fsp3) is 0.500. The Bertz CT molecular complexity index is 1200. The van der Waals surface area contributed by atoms with Gasteiger partial charge in [0.25, 0.3) is 0 Å². The van der Waals surface area contributed by atoms with Crippen molar-refractivity contribution in [2.24, 2.45) is 0 Å². The Morgan fingerprint density at radius 1 is 0.946 bits per heavy atom. The minimum Gasteiger partial charge on any atom is -0.493 e. The van der Waals surface area contributed by atoms with Crippen molar-refractivity contribution < 1.29 is 14.9 Å². The molecule has 3 aromatic rings. The fourth-order valence-corrected chi connectivity index (χ4v) is 6.76. The largest absolute Gasteiger partial charge is 0.493 e. The van der Waals surface area contributed by atoms with Crippen molar-refractivity contribution in [3.8, 4) is 27.4 Å². The Labute approximate surface area is 224 Å². The lowest BCUT2D eigenvalue weighted by atomic mass is 9.93. The normalized spacial score (nSPS) is 17.2. The van der Waals surface area contributed by atoms with Crippen molar-refractivity contribution in [3.63, 3.8) is 0 Å². The van der Waals surface area contributed by atoms with E-state index in [0.29, 0.717) is 6.61 Å². The molecule has 5 rings (SSSR count). The average molecular weight is 522 g/mol. The van der Waals surface area contributed by atoms with E-state index in [1.165, 1.54) is 38.4 Å². The standard InChI is InChI=1S/C30H39N3O3S/c1-21-24(6-3-8-26(21)30-31-27-12-16-33(17-18-34)20-29(27)37-30)25-7-4-9-28(22(25)2)36-19-5-13-32-14-10-23(35)11-15-32/h3-4,6-9,23,34-35H,5,10-20H2,1-2H3. The van der Waals surface area contributed by atoms with E-state index >= 15 is 0 Å². The number of aromatic nitrogens is 1. The number of rotatable bonds is 9. The molecule has 37 heavy (non-hydrogen) atoms. The minimum absolute atomic E-state index is 0.122. The lowest BCUT2D eigenvalue weighted by Gasteiger charge is -2.29. The lowest BCUT2D eigenvalue weighted by Crippen LogP contribution is -2.36. The van der Waals surface area contributed by atoms with Gasteiger partial charge in [-0.25, -0.2) is 4.98 Å². The zero-order chi connectivity index (χ0) is 25.8. The number of aliphatic hydroxyl groups is 2. The molecule has 0 saturated carbocycles.